The molecule has 1 aromatic carbocycles. The lowest BCUT2D eigenvalue weighted by atomic mass is 10.3. The van der Waals surface area contributed by atoms with Crippen LogP contribution in [0.15, 0.2) is 24.3 Å². The zero-order chi connectivity index (χ0) is 12.3. The SMILES string of the molecule is CCOc1cccc(OCCCNCCO)c1. The van der Waals surface area contributed by atoms with Crippen molar-refractivity contribution in [3.63, 3.8) is 0 Å². The molecule has 0 atom stereocenters. The number of aliphatic hydroxyl groups excluding tert-OH is 1. The van der Waals surface area contributed by atoms with Crippen LogP contribution in [-0.4, -0.2) is 38.0 Å². The number of aliphatic hydroxyl groups is 1. The third-order valence-electron chi connectivity index (χ3n) is 2.17. The van der Waals surface area contributed by atoms with Crippen molar-refractivity contribution in [3.8, 4) is 11.5 Å². The van der Waals surface area contributed by atoms with E-state index in [-0.39, 0.29) is 6.61 Å². The summed E-state index contributed by atoms with van der Waals surface area (Å²) in [6.07, 6.45) is 0.916. The molecule has 0 aliphatic heterocycles. The molecule has 0 spiro atoms. The largest absolute Gasteiger partial charge is 0.494 e. The molecule has 4 heteroatoms. The predicted octanol–water partition coefficient (Wildman–Crippen LogP) is 1.44. The topological polar surface area (TPSA) is 50.7 Å². The van der Waals surface area contributed by atoms with E-state index < -0.39 is 0 Å². The third-order valence-corrected chi connectivity index (χ3v) is 2.17. The Hall–Kier alpha value is -1.26. The molecule has 17 heavy (non-hydrogen) atoms. The lowest BCUT2D eigenvalue weighted by molar-refractivity contribution is 0.281. The van der Waals surface area contributed by atoms with E-state index in [0.717, 1.165) is 24.5 Å². The molecule has 0 heterocycles. The van der Waals surface area contributed by atoms with Gasteiger partial charge >= 0.3 is 0 Å². The van der Waals surface area contributed by atoms with Gasteiger partial charge in [0.05, 0.1) is 19.8 Å². The molecule has 0 bridgehead atoms. The summed E-state index contributed by atoms with van der Waals surface area (Å²) in [5.41, 5.74) is 0. The van der Waals surface area contributed by atoms with Crippen LogP contribution in [0.1, 0.15) is 13.3 Å². The predicted molar refractivity (Wildman–Crippen MR) is 67.7 cm³/mol. The minimum atomic E-state index is 0.178. The highest BCUT2D eigenvalue weighted by Crippen LogP contribution is 2.19. The molecular weight excluding hydrogens is 218 g/mol. The standard InChI is InChI=1S/C13H21NO3/c1-2-16-12-5-3-6-13(11-12)17-10-4-7-14-8-9-15/h3,5-6,11,14-15H,2,4,7-10H2,1H3. The third kappa shape index (κ3) is 6.14. The van der Waals surface area contributed by atoms with Crippen molar-refractivity contribution >= 4 is 0 Å². The van der Waals surface area contributed by atoms with E-state index in [2.05, 4.69) is 5.32 Å². The Kier molecular flexibility index (Phi) is 7.18. The van der Waals surface area contributed by atoms with Gasteiger partial charge < -0.3 is 19.9 Å². The molecule has 0 unspecified atom stereocenters. The number of hydrogen-bond donors (Lipinski definition) is 2. The highest BCUT2D eigenvalue weighted by molar-refractivity contribution is 5.32. The molecule has 0 aliphatic carbocycles. The van der Waals surface area contributed by atoms with Gasteiger partial charge in [0.15, 0.2) is 0 Å². The summed E-state index contributed by atoms with van der Waals surface area (Å²) in [5.74, 6) is 1.67. The summed E-state index contributed by atoms with van der Waals surface area (Å²) in [6, 6.07) is 7.65. The molecule has 0 saturated carbocycles. The Labute approximate surface area is 103 Å². The fourth-order valence-corrected chi connectivity index (χ4v) is 1.41. The van der Waals surface area contributed by atoms with Crippen LogP contribution < -0.4 is 14.8 Å². The van der Waals surface area contributed by atoms with Crippen LogP contribution in [-0.2, 0) is 0 Å². The van der Waals surface area contributed by atoms with Crippen molar-refractivity contribution in [1.29, 1.82) is 0 Å². The Balaban J connectivity index is 2.19. The van der Waals surface area contributed by atoms with Crippen molar-refractivity contribution in [3.05, 3.63) is 24.3 Å². The highest BCUT2D eigenvalue weighted by Gasteiger charge is 1.97. The monoisotopic (exact) mass is 239 g/mol. The van der Waals surface area contributed by atoms with E-state index in [1.165, 1.54) is 0 Å². The zero-order valence-electron chi connectivity index (χ0n) is 10.3. The Morgan fingerprint density at radius 3 is 2.65 bits per heavy atom. The van der Waals surface area contributed by atoms with E-state index in [9.17, 15) is 0 Å². The first-order chi connectivity index (χ1) is 8.36. The van der Waals surface area contributed by atoms with Gasteiger partial charge in [-0.1, -0.05) is 6.07 Å². The van der Waals surface area contributed by atoms with E-state index in [4.69, 9.17) is 14.6 Å². The summed E-state index contributed by atoms with van der Waals surface area (Å²) in [5, 5.41) is 11.7. The van der Waals surface area contributed by atoms with E-state index in [0.29, 0.717) is 19.8 Å². The molecule has 0 aliphatic rings. The van der Waals surface area contributed by atoms with Crippen molar-refractivity contribution in [1.82, 2.24) is 5.32 Å². The molecule has 1 aromatic rings. The Bertz CT molecular complexity index is 304. The average Bonchev–Trinajstić information content (AvgIpc) is 2.35. The average molecular weight is 239 g/mol. The maximum Gasteiger partial charge on any atom is 0.122 e. The molecule has 0 radical (unpaired) electrons. The summed E-state index contributed by atoms with van der Waals surface area (Å²) >= 11 is 0. The minimum absolute atomic E-state index is 0.178. The van der Waals surface area contributed by atoms with Crippen molar-refractivity contribution in [2.24, 2.45) is 0 Å². The maximum absolute atomic E-state index is 8.57. The second-order valence-corrected chi connectivity index (χ2v) is 3.58. The highest BCUT2D eigenvalue weighted by atomic mass is 16.5. The molecule has 0 aromatic heterocycles. The first kappa shape index (κ1) is 13.8. The van der Waals surface area contributed by atoms with E-state index >= 15 is 0 Å². The molecular formula is C13H21NO3. The first-order valence-electron chi connectivity index (χ1n) is 6.04. The van der Waals surface area contributed by atoms with Gasteiger partial charge in [0.1, 0.15) is 11.5 Å². The van der Waals surface area contributed by atoms with Crippen molar-refractivity contribution < 1.29 is 14.6 Å². The van der Waals surface area contributed by atoms with Gasteiger partial charge in [-0.15, -0.1) is 0 Å². The molecule has 0 amide bonds. The van der Waals surface area contributed by atoms with Crippen molar-refractivity contribution in [2.45, 2.75) is 13.3 Å². The molecule has 2 N–H and O–H groups in total. The van der Waals surface area contributed by atoms with E-state index in [1.54, 1.807) is 0 Å². The number of rotatable bonds is 9. The molecule has 0 fully saturated rings. The summed E-state index contributed by atoms with van der Waals surface area (Å²) in [4.78, 5) is 0. The van der Waals surface area contributed by atoms with Gasteiger partial charge in [0.2, 0.25) is 0 Å². The fraction of sp³-hybridized carbons (Fsp3) is 0.538. The van der Waals surface area contributed by atoms with Crippen LogP contribution in [0, 0.1) is 0 Å². The minimum Gasteiger partial charge on any atom is -0.494 e. The van der Waals surface area contributed by atoms with Gasteiger partial charge in [-0.3, -0.25) is 0 Å². The maximum atomic E-state index is 8.57. The van der Waals surface area contributed by atoms with Crippen LogP contribution in [0.3, 0.4) is 0 Å². The molecule has 0 saturated heterocycles. The number of nitrogens with one attached hydrogen (secondary N) is 1. The normalized spacial score (nSPS) is 10.2. The van der Waals surface area contributed by atoms with Crippen LogP contribution >= 0.6 is 0 Å². The lowest BCUT2D eigenvalue weighted by Gasteiger charge is -2.08. The van der Waals surface area contributed by atoms with E-state index in [1.807, 2.05) is 31.2 Å². The summed E-state index contributed by atoms with van der Waals surface area (Å²) in [7, 11) is 0. The zero-order valence-corrected chi connectivity index (χ0v) is 10.3. The molecule has 96 valence electrons. The Morgan fingerprint density at radius 1 is 1.18 bits per heavy atom. The fourth-order valence-electron chi connectivity index (χ4n) is 1.41. The van der Waals surface area contributed by atoms with Crippen molar-refractivity contribution in [2.75, 3.05) is 32.9 Å². The van der Waals surface area contributed by atoms with Crippen LogP contribution in [0.2, 0.25) is 0 Å². The van der Waals surface area contributed by atoms with Crippen LogP contribution in [0.4, 0.5) is 0 Å². The number of ether oxygens (including phenoxy) is 2. The van der Waals surface area contributed by atoms with Gasteiger partial charge in [-0.2, -0.15) is 0 Å². The molecule has 4 nitrogen and oxygen atoms in total. The quantitative estimate of drug-likeness (QED) is 0.640. The van der Waals surface area contributed by atoms with Gasteiger partial charge in [0, 0.05) is 12.6 Å². The van der Waals surface area contributed by atoms with Gasteiger partial charge in [-0.25, -0.2) is 0 Å². The van der Waals surface area contributed by atoms with Gasteiger partial charge in [0.25, 0.3) is 0 Å². The second-order valence-electron chi connectivity index (χ2n) is 3.58. The number of benzene rings is 1. The number of hydrogen-bond acceptors (Lipinski definition) is 4. The van der Waals surface area contributed by atoms with Crippen LogP contribution in [0.5, 0.6) is 11.5 Å². The lowest BCUT2D eigenvalue weighted by Crippen LogP contribution is -2.20. The molecule has 1 rings (SSSR count). The van der Waals surface area contributed by atoms with Gasteiger partial charge in [-0.05, 0) is 32.0 Å². The summed E-state index contributed by atoms with van der Waals surface area (Å²) < 4.78 is 11.0. The smallest absolute Gasteiger partial charge is 0.122 e. The first-order valence-corrected chi connectivity index (χ1v) is 6.04. The second kappa shape index (κ2) is 8.84. The Morgan fingerprint density at radius 2 is 1.94 bits per heavy atom. The van der Waals surface area contributed by atoms with Crippen LogP contribution in [0.25, 0.3) is 0 Å². The summed E-state index contributed by atoms with van der Waals surface area (Å²) in [6.45, 7) is 4.95.